The van der Waals surface area contributed by atoms with E-state index in [4.69, 9.17) is 17.3 Å². The molecule has 0 heterocycles. The quantitative estimate of drug-likeness (QED) is 0.492. The number of nitrogen functional groups attached to an aromatic ring is 1. The number of carbonyl (C=O) groups excluding carboxylic acids is 1. The van der Waals surface area contributed by atoms with Gasteiger partial charge in [-0.1, -0.05) is 11.6 Å². The van der Waals surface area contributed by atoms with E-state index in [1.54, 1.807) is 6.07 Å². The van der Waals surface area contributed by atoms with Gasteiger partial charge in [0.15, 0.2) is 0 Å². The average Bonchev–Trinajstić information content (AvgIpc) is 2.12. The summed E-state index contributed by atoms with van der Waals surface area (Å²) >= 11 is 7.79. The molecule has 5 heteroatoms. The lowest BCUT2D eigenvalue weighted by atomic mass is 10.2. The zero-order chi connectivity index (χ0) is 10.0. The summed E-state index contributed by atoms with van der Waals surface area (Å²) in [6.07, 6.45) is 0. The SMILES string of the molecule is COC(=O)c1cc(Cl)c(N)c(I)c1. The summed E-state index contributed by atoms with van der Waals surface area (Å²) in [7, 11) is 1.32. The zero-order valence-electron chi connectivity index (χ0n) is 6.80. The van der Waals surface area contributed by atoms with Crippen LogP contribution < -0.4 is 5.73 Å². The minimum atomic E-state index is -0.417. The molecule has 13 heavy (non-hydrogen) atoms. The Hall–Kier alpha value is -0.490. The third-order valence-electron chi connectivity index (χ3n) is 1.50. The van der Waals surface area contributed by atoms with Gasteiger partial charge < -0.3 is 10.5 Å². The van der Waals surface area contributed by atoms with Crippen molar-refractivity contribution in [2.24, 2.45) is 0 Å². The van der Waals surface area contributed by atoms with Crippen LogP contribution in [-0.2, 0) is 4.74 Å². The summed E-state index contributed by atoms with van der Waals surface area (Å²) in [4.78, 5) is 11.1. The van der Waals surface area contributed by atoms with Gasteiger partial charge in [-0.2, -0.15) is 0 Å². The highest BCUT2D eigenvalue weighted by Crippen LogP contribution is 2.26. The minimum absolute atomic E-state index is 0.368. The summed E-state index contributed by atoms with van der Waals surface area (Å²) in [5, 5.41) is 0.368. The molecular weight excluding hydrogens is 304 g/mol. The molecule has 0 atom stereocenters. The Morgan fingerprint density at radius 2 is 2.23 bits per heavy atom. The van der Waals surface area contributed by atoms with Crippen molar-refractivity contribution in [3.05, 3.63) is 26.3 Å². The predicted octanol–water partition coefficient (Wildman–Crippen LogP) is 2.31. The van der Waals surface area contributed by atoms with E-state index in [0.29, 0.717) is 16.3 Å². The lowest BCUT2D eigenvalue weighted by Gasteiger charge is -2.04. The van der Waals surface area contributed by atoms with Crippen molar-refractivity contribution >= 4 is 45.8 Å². The van der Waals surface area contributed by atoms with Crippen molar-refractivity contribution in [3.63, 3.8) is 0 Å². The molecular formula is C8H7ClINO2. The van der Waals surface area contributed by atoms with Crippen molar-refractivity contribution in [3.8, 4) is 0 Å². The van der Waals surface area contributed by atoms with Crippen LogP contribution in [0.5, 0.6) is 0 Å². The molecule has 0 spiro atoms. The maximum absolute atomic E-state index is 11.1. The summed E-state index contributed by atoms with van der Waals surface area (Å²) < 4.78 is 5.29. The van der Waals surface area contributed by atoms with E-state index in [0.717, 1.165) is 3.57 Å². The van der Waals surface area contributed by atoms with E-state index < -0.39 is 5.97 Å². The third kappa shape index (κ3) is 2.25. The van der Waals surface area contributed by atoms with Crippen LogP contribution in [0.2, 0.25) is 5.02 Å². The standard InChI is InChI=1S/C8H7ClINO2/c1-13-8(12)4-2-5(9)7(11)6(10)3-4/h2-3H,11H2,1H3. The molecule has 0 saturated carbocycles. The van der Waals surface area contributed by atoms with Crippen molar-refractivity contribution in [1.82, 2.24) is 0 Å². The molecule has 0 aliphatic rings. The van der Waals surface area contributed by atoms with Crippen molar-refractivity contribution in [1.29, 1.82) is 0 Å². The van der Waals surface area contributed by atoms with Crippen LogP contribution in [0.4, 0.5) is 5.69 Å². The van der Waals surface area contributed by atoms with E-state index in [2.05, 4.69) is 4.74 Å². The molecule has 3 nitrogen and oxygen atoms in total. The number of hydrogen-bond acceptors (Lipinski definition) is 3. The van der Waals surface area contributed by atoms with Crippen LogP contribution in [-0.4, -0.2) is 13.1 Å². The second kappa shape index (κ2) is 4.15. The Kier molecular flexibility index (Phi) is 3.38. The van der Waals surface area contributed by atoms with E-state index in [1.807, 2.05) is 22.6 Å². The number of hydrogen-bond donors (Lipinski definition) is 1. The largest absolute Gasteiger partial charge is 0.465 e. The summed E-state index contributed by atoms with van der Waals surface area (Å²) in [5.74, 6) is -0.417. The van der Waals surface area contributed by atoms with E-state index in [-0.39, 0.29) is 0 Å². The number of methoxy groups -OCH3 is 1. The minimum Gasteiger partial charge on any atom is -0.465 e. The lowest BCUT2D eigenvalue weighted by molar-refractivity contribution is 0.0600. The Morgan fingerprint density at radius 1 is 1.62 bits per heavy atom. The molecule has 1 aromatic carbocycles. The van der Waals surface area contributed by atoms with E-state index in [9.17, 15) is 4.79 Å². The molecule has 0 bridgehead atoms. The molecule has 0 aliphatic carbocycles. The summed E-state index contributed by atoms with van der Waals surface area (Å²) in [6, 6.07) is 3.12. The Balaban J connectivity index is 3.20. The molecule has 0 aromatic heterocycles. The van der Waals surface area contributed by atoms with Gasteiger partial charge in [0.25, 0.3) is 0 Å². The number of anilines is 1. The summed E-state index contributed by atoms with van der Waals surface area (Å²) in [5.41, 5.74) is 6.49. The molecule has 70 valence electrons. The first-order valence-electron chi connectivity index (χ1n) is 3.39. The van der Waals surface area contributed by atoms with Crippen LogP contribution in [0.25, 0.3) is 0 Å². The molecule has 1 rings (SSSR count). The third-order valence-corrected chi connectivity index (χ3v) is 2.71. The summed E-state index contributed by atoms with van der Waals surface area (Å²) in [6.45, 7) is 0. The number of benzene rings is 1. The number of ether oxygens (including phenoxy) is 1. The number of esters is 1. The Morgan fingerprint density at radius 3 is 2.69 bits per heavy atom. The van der Waals surface area contributed by atoms with Gasteiger partial charge in [0.05, 0.1) is 23.4 Å². The van der Waals surface area contributed by atoms with Gasteiger partial charge in [0.1, 0.15) is 0 Å². The fourth-order valence-electron chi connectivity index (χ4n) is 0.820. The average molecular weight is 312 g/mol. The zero-order valence-corrected chi connectivity index (χ0v) is 9.72. The van der Waals surface area contributed by atoms with E-state index >= 15 is 0 Å². The van der Waals surface area contributed by atoms with Crippen molar-refractivity contribution in [2.75, 3.05) is 12.8 Å². The number of nitrogens with two attached hydrogens (primary N) is 1. The highest BCUT2D eigenvalue weighted by atomic mass is 127. The van der Waals surface area contributed by atoms with Gasteiger partial charge >= 0.3 is 5.97 Å². The van der Waals surface area contributed by atoms with Gasteiger partial charge in [-0.25, -0.2) is 4.79 Å². The molecule has 0 saturated heterocycles. The highest BCUT2D eigenvalue weighted by molar-refractivity contribution is 14.1. The molecule has 0 aliphatic heterocycles. The Labute approximate surface area is 94.3 Å². The maximum atomic E-state index is 11.1. The molecule has 0 unspecified atom stereocenters. The predicted molar refractivity (Wildman–Crippen MR) is 59.9 cm³/mol. The number of halogens is 2. The van der Waals surface area contributed by atoms with Crippen LogP contribution in [0, 0.1) is 3.57 Å². The van der Waals surface area contributed by atoms with Gasteiger partial charge in [0, 0.05) is 3.57 Å². The first-order chi connectivity index (χ1) is 6.06. The van der Waals surface area contributed by atoms with E-state index in [1.165, 1.54) is 13.2 Å². The second-order valence-electron chi connectivity index (χ2n) is 2.35. The molecule has 1 aromatic rings. The maximum Gasteiger partial charge on any atom is 0.337 e. The molecule has 0 amide bonds. The molecule has 2 N–H and O–H groups in total. The highest BCUT2D eigenvalue weighted by Gasteiger charge is 2.10. The fraction of sp³-hybridized carbons (Fsp3) is 0.125. The number of carbonyl (C=O) groups is 1. The Bertz CT molecular complexity index is 331. The van der Waals surface area contributed by atoms with Crippen LogP contribution >= 0.6 is 34.2 Å². The fourth-order valence-corrected chi connectivity index (χ4v) is 1.82. The first-order valence-corrected chi connectivity index (χ1v) is 4.84. The van der Waals surface area contributed by atoms with Gasteiger partial charge in [0.2, 0.25) is 0 Å². The monoisotopic (exact) mass is 311 g/mol. The second-order valence-corrected chi connectivity index (χ2v) is 3.91. The first kappa shape index (κ1) is 10.6. The molecule has 0 fully saturated rings. The molecule has 0 radical (unpaired) electrons. The number of rotatable bonds is 1. The lowest BCUT2D eigenvalue weighted by Crippen LogP contribution is -2.03. The van der Waals surface area contributed by atoms with Crippen LogP contribution in [0.15, 0.2) is 12.1 Å². The van der Waals surface area contributed by atoms with Gasteiger partial charge in [-0.05, 0) is 34.7 Å². The van der Waals surface area contributed by atoms with Crippen molar-refractivity contribution < 1.29 is 9.53 Å². The van der Waals surface area contributed by atoms with Crippen molar-refractivity contribution in [2.45, 2.75) is 0 Å². The van der Waals surface area contributed by atoms with Crippen LogP contribution in [0.3, 0.4) is 0 Å². The topological polar surface area (TPSA) is 52.3 Å². The normalized spacial score (nSPS) is 9.77. The van der Waals surface area contributed by atoms with Crippen LogP contribution in [0.1, 0.15) is 10.4 Å². The van der Waals surface area contributed by atoms with Gasteiger partial charge in [-0.15, -0.1) is 0 Å². The van der Waals surface area contributed by atoms with Gasteiger partial charge in [-0.3, -0.25) is 0 Å². The smallest absolute Gasteiger partial charge is 0.337 e.